The zero-order valence-electron chi connectivity index (χ0n) is 5.71. The van der Waals surface area contributed by atoms with Gasteiger partial charge in [-0.15, -0.1) is 0 Å². The second kappa shape index (κ2) is 2.68. The first-order chi connectivity index (χ1) is 4.91. The van der Waals surface area contributed by atoms with Crippen LogP contribution < -0.4 is 5.14 Å². The highest BCUT2D eigenvalue weighted by molar-refractivity contribution is 7.86. The minimum Gasteiger partial charge on any atom is -0.389 e. The summed E-state index contributed by atoms with van der Waals surface area (Å²) < 4.78 is 22.0. The minimum absolute atomic E-state index is 0.125. The molecule has 0 aliphatic carbocycles. The smallest absolute Gasteiger partial charge is 0.277 e. The third-order valence-corrected chi connectivity index (χ3v) is 2.60. The molecule has 1 fully saturated rings. The van der Waals surface area contributed by atoms with E-state index < -0.39 is 22.4 Å². The van der Waals surface area contributed by atoms with E-state index in [-0.39, 0.29) is 13.1 Å². The summed E-state index contributed by atoms with van der Waals surface area (Å²) >= 11 is 0. The van der Waals surface area contributed by atoms with Gasteiger partial charge < -0.3 is 10.2 Å². The third kappa shape index (κ3) is 1.88. The van der Waals surface area contributed by atoms with E-state index in [1.807, 2.05) is 0 Å². The van der Waals surface area contributed by atoms with Crippen molar-refractivity contribution < 1.29 is 18.6 Å². The van der Waals surface area contributed by atoms with Gasteiger partial charge in [0, 0.05) is 13.1 Å². The highest BCUT2D eigenvalue weighted by Crippen LogP contribution is 2.11. The van der Waals surface area contributed by atoms with Gasteiger partial charge in [0.25, 0.3) is 10.2 Å². The molecule has 0 saturated carbocycles. The second-order valence-electron chi connectivity index (χ2n) is 2.50. The normalized spacial score (nSPS) is 34.5. The van der Waals surface area contributed by atoms with Crippen molar-refractivity contribution in [2.24, 2.45) is 5.14 Å². The quantitative estimate of drug-likeness (QED) is 0.408. The molecule has 0 bridgehead atoms. The van der Waals surface area contributed by atoms with Gasteiger partial charge in [-0.05, 0) is 0 Å². The SMILES string of the molecule is NS(=O)(=O)N1C[C@@H](O)[C@@H](O)C1. The first kappa shape index (κ1) is 8.88. The van der Waals surface area contributed by atoms with E-state index in [1.165, 1.54) is 0 Å². The van der Waals surface area contributed by atoms with Gasteiger partial charge in [0.15, 0.2) is 0 Å². The van der Waals surface area contributed by atoms with Gasteiger partial charge in [0.1, 0.15) is 0 Å². The van der Waals surface area contributed by atoms with Crippen molar-refractivity contribution in [1.82, 2.24) is 4.31 Å². The van der Waals surface area contributed by atoms with Gasteiger partial charge in [-0.2, -0.15) is 12.7 Å². The van der Waals surface area contributed by atoms with Crippen LogP contribution in [0.25, 0.3) is 0 Å². The Hall–Kier alpha value is -0.210. The van der Waals surface area contributed by atoms with Crippen molar-refractivity contribution in [3.63, 3.8) is 0 Å². The Labute approximate surface area is 64.4 Å². The summed E-state index contributed by atoms with van der Waals surface area (Å²) in [4.78, 5) is 0. The van der Waals surface area contributed by atoms with E-state index in [0.29, 0.717) is 0 Å². The van der Waals surface area contributed by atoms with Crippen LogP contribution in [0.1, 0.15) is 0 Å². The Morgan fingerprint density at radius 2 is 1.64 bits per heavy atom. The number of aliphatic hydroxyl groups excluding tert-OH is 2. The fourth-order valence-electron chi connectivity index (χ4n) is 0.943. The lowest BCUT2D eigenvalue weighted by Crippen LogP contribution is -2.35. The maximum absolute atomic E-state index is 10.6. The van der Waals surface area contributed by atoms with Crippen molar-refractivity contribution in [3.8, 4) is 0 Å². The largest absolute Gasteiger partial charge is 0.389 e. The number of hydrogen-bond acceptors (Lipinski definition) is 4. The van der Waals surface area contributed by atoms with Crippen LogP contribution in [0, 0.1) is 0 Å². The molecule has 2 atom stereocenters. The van der Waals surface area contributed by atoms with E-state index in [2.05, 4.69) is 0 Å². The molecule has 1 aliphatic rings. The Balaban J connectivity index is 2.69. The number of nitrogens with two attached hydrogens (primary N) is 1. The first-order valence-electron chi connectivity index (χ1n) is 3.05. The number of nitrogens with zero attached hydrogens (tertiary/aromatic N) is 1. The van der Waals surface area contributed by atoms with Crippen molar-refractivity contribution in [2.45, 2.75) is 12.2 Å². The molecule has 0 aromatic rings. The molecule has 0 spiro atoms. The molecule has 4 N–H and O–H groups in total. The molecular weight excluding hydrogens is 172 g/mol. The van der Waals surface area contributed by atoms with Crippen LogP contribution in [0.3, 0.4) is 0 Å². The molecule has 11 heavy (non-hydrogen) atoms. The van der Waals surface area contributed by atoms with E-state index >= 15 is 0 Å². The van der Waals surface area contributed by atoms with Gasteiger partial charge in [0.2, 0.25) is 0 Å². The molecule has 0 amide bonds. The standard InChI is InChI=1S/C4H10N2O4S/c5-11(9,10)6-1-3(7)4(8)2-6/h3-4,7-8H,1-2H2,(H2,5,9,10)/t3-,4+. The second-order valence-corrected chi connectivity index (χ2v) is 4.04. The predicted octanol–water partition coefficient (Wildman–Crippen LogP) is -2.77. The summed E-state index contributed by atoms with van der Waals surface area (Å²) in [5.74, 6) is 0. The average molecular weight is 182 g/mol. The molecule has 66 valence electrons. The van der Waals surface area contributed by atoms with Crippen LogP contribution in [-0.4, -0.2) is 48.2 Å². The molecule has 1 aliphatic heterocycles. The van der Waals surface area contributed by atoms with Crippen LogP contribution >= 0.6 is 0 Å². The maximum atomic E-state index is 10.6. The van der Waals surface area contributed by atoms with E-state index in [4.69, 9.17) is 15.4 Å². The molecule has 0 radical (unpaired) electrons. The number of rotatable bonds is 1. The summed E-state index contributed by atoms with van der Waals surface area (Å²) in [6, 6.07) is 0. The van der Waals surface area contributed by atoms with Crippen LogP contribution in [-0.2, 0) is 10.2 Å². The van der Waals surface area contributed by atoms with Crippen molar-refractivity contribution in [2.75, 3.05) is 13.1 Å². The van der Waals surface area contributed by atoms with Gasteiger partial charge in [0.05, 0.1) is 12.2 Å². The van der Waals surface area contributed by atoms with Crippen LogP contribution in [0.2, 0.25) is 0 Å². The monoisotopic (exact) mass is 182 g/mol. The lowest BCUT2D eigenvalue weighted by molar-refractivity contribution is 0.0572. The molecule has 1 saturated heterocycles. The highest BCUT2D eigenvalue weighted by Gasteiger charge is 2.34. The summed E-state index contributed by atoms with van der Waals surface area (Å²) in [6.45, 7) is -0.250. The Bertz CT molecular complexity index is 228. The average Bonchev–Trinajstić information content (AvgIpc) is 2.11. The predicted molar refractivity (Wildman–Crippen MR) is 36.7 cm³/mol. The fourth-order valence-corrected chi connectivity index (χ4v) is 1.66. The van der Waals surface area contributed by atoms with Gasteiger partial charge in [-0.1, -0.05) is 0 Å². The molecule has 1 heterocycles. The number of hydrogen-bond donors (Lipinski definition) is 3. The van der Waals surface area contributed by atoms with E-state index in [1.54, 1.807) is 0 Å². The summed E-state index contributed by atoms with van der Waals surface area (Å²) in [6.07, 6.45) is -2.04. The summed E-state index contributed by atoms with van der Waals surface area (Å²) in [7, 11) is -3.76. The lowest BCUT2D eigenvalue weighted by Gasteiger charge is -2.09. The van der Waals surface area contributed by atoms with Crippen molar-refractivity contribution >= 4 is 10.2 Å². The van der Waals surface area contributed by atoms with Gasteiger partial charge in [-0.3, -0.25) is 0 Å². The zero-order valence-corrected chi connectivity index (χ0v) is 6.53. The molecule has 0 aromatic heterocycles. The van der Waals surface area contributed by atoms with Gasteiger partial charge >= 0.3 is 0 Å². The fraction of sp³-hybridized carbons (Fsp3) is 1.00. The minimum atomic E-state index is -3.76. The maximum Gasteiger partial charge on any atom is 0.277 e. The van der Waals surface area contributed by atoms with Crippen molar-refractivity contribution in [1.29, 1.82) is 0 Å². The van der Waals surface area contributed by atoms with Crippen molar-refractivity contribution in [3.05, 3.63) is 0 Å². The van der Waals surface area contributed by atoms with Crippen LogP contribution in [0.5, 0.6) is 0 Å². The number of aliphatic hydroxyl groups is 2. The van der Waals surface area contributed by atoms with E-state index in [9.17, 15) is 8.42 Å². The Kier molecular flexibility index (Phi) is 2.17. The summed E-state index contributed by atoms with van der Waals surface area (Å²) in [5, 5.41) is 22.6. The van der Waals surface area contributed by atoms with Gasteiger partial charge in [-0.25, -0.2) is 5.14 Å². The number of β-amino-alcohol motifs (C(OH)–C–C–N with tert-alkyl or cyclic N) is 2. The topological polar surface area (TPSA) is 104 Å². The molecule has 7 heteroatoms. The third-order valence-electron chi connectivity index (χ3n) is 1.59. The van der Waals surface area contributed by atoms with Crippen LogP contribution in [0.4, 0.5) is 0 Å². The molecule has 0 unspecified atom stereocenters. The molecule has 1 rings (SSSR count). The first-order valence-corrected chi connectivity index (χ1v) is 4.55. The zero-order chi connectivity index (χ0) is 8.65. The molecular formula is C4H10N2O4S. The van der Waals surface area contributed by atoms with E-state index in [0.717, 1.165) is 4.31 Å². The van der Waals surface area contributed by atoms with Crippen LogP contribution in [0.15, 0.2) is 0 Å². The molecule has 6 nitrogen and oxygen atoms in total. The lowest BCUT2D eigenvalue weighted by atomic mass is 10.3. The Morgan fingerprint density at radius 3 is 1.82 bits per heavy atom. The highest BCUT2D eigenvalue weighted by atomic mass is 32.2. The Morgan fingerprint density at radius 1 is 1.27 bits per heavy atom. The summed E-state index contributed by atoms with van der Waals surface area (Å²) in [5.41, 5.74) is 0. The molecule has 0 aromatic carbocycles.